The van der Waals surface area contributed by atoms with Gasteiger partial charge in [-0.25, -0.2) is 16.8 Å². The first-order chi connectivity index (χ1) is 11.2. The molecule has 0 radical (unpaired) electrons. The standard InChI is InChI=1S/C13H14ClN3O5S2/c1-23(18,19)13-16-15-12(22-13)11-3-2-8-17(11)24(20,21)10-6-4-9(14)5-7-10/h4-7,11H,2-3,8H2,1H3/t11-/m0/s1. The van der Waals surface area contributed by atoms with E-state index in [2.05, 4.69) is 10.2 Å². The number of halogens is 1. The molecular weight excluding hydrogens is 378 g/mol. The van der Waals surface area contributed by atoms with Gasteiger partial charge in [0, 0.05) is 17.8 Å². The average molecular weight is 392 g/mol. The van der Waals surface area contributed by atoms with E-state index in [1.54, 1.807) is 0 Å². The Balaban J connectivity index is 1.96. The van der Waals surface area contributed by atoms with Crippen LogP contribution in [0.4, 0.5) is 0 Å². The third-order valence-electron chi connectivity index (χ3n) is 3.65. The van der Waals surface area contributed by atoms with Crippen LogP contribution in [0.15, 0.2) is 38.8 Å². The van der Waals surface area contributed by atoms with E-state index in [1.165, 1.54) is 28.6 Å². The summed E-state index contributed by atoms with van der Waals surface area (Å²) in [6.45, 7) is 0.284. The van der Waals surface area contributed by atoms with Crippen LogP contribution in [0.2, 0.25) is 5.02 Å². The molecule has 0 N–H and O–H groups in total. The van der Waals surface area contributed by atoms with E-state index < -0.39 is 31.1 Å². The first kappa shape index (κ1) is 17.3. The van der Waals surface area contributed by atoms with Crippen LogP contribution in [0.3, 0.4) is 0 Å². The monoisotopic (exact) mass is 391 g/mol. The van der Waals surface area contributed by atoms with Crippen molar-refractivity contribution in [3.05, 3.63) is 35.2 Å². The van der Waals surface area contributed by atoms with Gasteiger partial charge in [-0.2, -0.15) is 4.31 Å². The van der Waals surface area contributed by atoms with E-state index in [0.29, 0.717) is 17.9 Å². The Hall–Kier alpha value is -1.49. The SMILES string of the molecule is CS(=O)(=O)c1nnc([C@@H]2CCCN2S(=O)(=O)c2ccc(Cl)cc2)o1. The predicted octanol–water partition coefficient (Wildman–Crippen LogP) is 1.65. The highest BCUT2D eigenvalue weighted by atomic mass is 35.5. The van der Waals surface area contributed by atoms with Crippen LogP contribution in [0.25, 0.3) is 0 Å². The number of benzene rings is 1. The predicted molar refractivity (Wildman–Crippen MR) is 84.7 cm³/mol. The Kier molecular flexibility index (Phi) is 4.41. The highest BCUT2D eigenvalue weighted by Gasteiger charge is 2.39. The molecule has 1 aliphatic rings. The van der Waals surface area contributed by atoms with Crippen molar-refractivity contribution < 1.29 is 21.3 Å². The summed E-state index contributed by atoms with van der Waals surface area (Å²) in [5.74, 6) is -0.0227. The number of sulfone groups is 1. The van der Waals surface area contributed by atoms with Gasteiger partial charge in [0.05, 0.1) is 4.90 Å². The Morgan fingerprint density at radius 2 is 1.83 bits per heavy atom. The van der Waals surface area contributed by atoms with Crippen molar-refractivity contribution >= 4 is 31.5 Å². The summed E-state index contributed by atoms with van der Waals surface area (Å²) in [5, 5.41) is 7.11. The van der Waals surface area contributed by atoms with Crippen LogP contribution in [0.1, 0.15) is 24.8 Å². The maximum atomic E-state index is 12.8. The second-order valence-corrected chi connectivity index (χ2v) is 9.63. The average Bonchev–Trinajstić information content (AvgIpc) is 3.16. The van der Waals surface area contributed by atoms with Gasteiger partial charge in [-0.3, -0.25) is 0 Å². The summed E-state index contributed by atoms with van der Waals surface area (Å²) >= 11 is 5.79. The van der Waals surface area contributed by atoms with Gasteiger partial charge >= 0.3 is 5.22 Å². The minimum atomic E-state index is -3.78. The van der Waals surface area contributed by atoms with Gasteiger partial charge in [0.2, 0.25) is 25.8 Å². The zero-order chi connectivity index (χ0) is 17.5. The highest BCUT2D eigenvalue weighted by Crippen LogP contribution is 2.36. The van der Waals surface area contributed by atoms with Gasteiger partial charge in [-0.1, -0.05) is 16.7 Å². The molecule has 1 atom stereocenters. The van der Waals surface area contributed by atoms with E-state index in [1.807, 2.05) is 0 Å². The summed E-state index contributed by atoms with van der Waals surface area (Å²) in [7, 11) is -7.43. The van der Waals surface area contributed by atoms with E-state index in [4.69, 9.17) is 16.0 Å². The molecule has 0 saturated carbocycles. The zero-order valence-corrected chi connectivity index (χ0v) is 15.0. The van der Waals surface area contributed by atoms with Gasteiger partial charge in [-0.05, 0) is 37.1 Å². The first-order valence-electron chi connectivity index (χ1n) is 7.00. The van der Waals surface area contributed by atoms with Gasteiger partial charge in [-0.15, -0.1) is 5.10 Å². The molecule has 8 nitrogen and oxygen atoms in total. The molecular formula is C13H14ClN3O5S2. The summed E-state index contributed by atoms with van der Waals surface area (Å²) in [6.07, 6.45) is 2.02. The van der Waals surface area contributed by atoms with E-state index in [9.17, 15) is 16.8 Å². The lowest BCUT2D eigenvalue weighted by atomic mass is 10.2. The van der Waals surface area contributed by atoms with E-state index >= 15 is 0 Å². The second kappa shape index (κ2) is 6.10. The molecule has 1 aromatic carbocycles. The molecule has 1 saturated heterocycles. The number of nitrogens with zero attached hydrogens (tertiary/aromatic N) is 3. The second-order valence-electron chi connectivity index (χ2n) is 5.41. The van der Waals surface area contributed by atoms with Crippen molar-refractivity contribution in [2.24, 2.45) is 0 Å². The summed E-state index contributed by atoms with van der Waals surface area (Å²) in [6, 6.07) is 5.14. The molecule has 130 valence electrons. The molecule has 2 aromatic rings. The lowest BCUT2D eigenvalue weighted by Crippen LogP contribution is -2.30. The van der Waals surface area contributed by atoms with Crippen LogP contribution in [0.5, 0.6) is 0 Å². The molecule has 0 spiro atoms. The smallest absolute Gasteiger partial charge is 0.335 e. The Labute approximate surface area is 144 Å². The Bertz CT molecular complexity index is 954. The maximum Gasteiger partial charge on any atom is 0.335 e. The molecule has 1 aliphatic heterocycles. The maximum absolute atomic E-state index is 12.8. The summed E-state index contributed by atoms with van der Waals surface area (Å²) in [4.78, 5) is 0.0988. The third kappa shape index (κ3) is 3.18. The molecule has 2 heterocycles. The van der Waals surface area contributed by atoms with Gasteiger partial charge in [0.25, 0.3) is 0 Å². The summed E-state index contributed by atoms with van der Waals surface area (Å²) < 4.78 is 54.9. The molecule has 0 bridgehead atoms. The summed E-state index contributed by atoms with van der Waals surface area (Å²) in [5.41, 5.74) is 0. The molecule has 0 amide bonds. The van der Waals surface area contributed by atoms with Crippen molar-refractivity contribution in [3.8, 4) is 0 Å². The van der Waals surface area contributed by atoms with Crippen LogP contribution < -0.4 is 0 Å². The van der Waals surface area contributed by atoms with Crippen molar-refractivity contribution in [1.29, 1.82) is 0 Å². The Morgan fingerprint density at radius 1 is 1.17 bits per heavy atom. The van der Waals surface area contributed by atoms with Gasteiger partial charge in [0.15, 0.2) is 0 Å². The quantitative estimate of drug-likeness (QED) is 0.779. The lowest BCUT2D eigenvalue weighted by Gasteiger charge is -2.21. The van der Waals surface area contributed by atoms with Crippen LogP contribution in [-0.4, -0.2) is 44.1 Å². The Morgan fingerprint density at radius 3 is 2.42 bits per heavy atom. The zero-order valence-electron chi connectivity index (χ0n) is 12.6. The normalized spacial score (nSPS) is 19.7. The molecule has 24 heavy (non-hydrogen) atoms. The minimum Gasteiger partial charge on any atom is -0.411 e. The van der Waals surface area contributed by atoms with Gasteiger partial charge < -0.3 is 4.42 Å². The molecule has 1 fully saturated rings. The topological polar surface area (TPSA) is 110 Å². The largest absolute Gasteiger partial charge is 0.411 e. The van der Waals surface area contributed by atoms with Crippen LogP contribution >= 0.6 is 11.6 Å². The number of aromatic nitrogens is 2. The fraction of sp³-hybridized carbons (Fsp3) is 0.385. The minimum absolute atomic E-state index is 0.0227. The van der Waals surface area contributed by atoms with Crippen molar-refractivity contribution in [3.63, 3.8) is 0 Å². The van der Waals surface area contributed by atoms with Crippen LogP contribution in [-0.2, 0) is 19.9 Å². The van der Waals surface area contributed by atoms with Crippen molar-refractivity contribution in [2.45, 2.75) is 29.0 Å². The number of sulfonamides is 1. The van der Waals surface area contributed by atoms with Gasteiger partial charge in [0.1, 0.15) is 6.04 Å². The molecule has 0 aliphatic carbocycles. The molecule has 0 unspecified atom stereocenters. The number of rotatable bonds is 4. The molecule has 1 aromatic heterocycles. The fourth-order valence-electron chi connectivity index (χ4n) is 2.52. The molecule has 3 rings (SSSR count). The van der Waals surface area contributed by atoms with E-state index in [0.717, 1.165) is 6.26 Å². The first-order valence-corrected chi connectivity index (χ1v) is 10.7. The highest BCUT2D eigenvalue weighted by molar-refractivity contribution is 7.90. The molecule has 11 heteroatoms. The van der Waals surface area contributed by atoms with Crippen LogP contribution in [0, 0.1) is 0 Å². The number of hydrogen-bond donors (Lipinski definition) is 0. The van der Waals surface area contributed by atoms with Crippen molar-refractivity contribution in [2.75, 3.05) is 12.8 Å². The van der Waals surface area contributed by atoms with Crippen molar-refractivity contribution in [1.82, 2.24) is 14.5 Å². The van der Waals surface area contributed by atoms with E-state index in [-0.39, 0.29) is 17.3 Å². The lowest BCUT2D eigenvalue weighted by molar-refractivity contribution is 0.303. The third-order valence-corrected chi connectivity index (χ3v) is 6.62. The fourth-order valence-corrected chi connectivity index (χ4v) is 4.72. The number of hydrogen-bond acceptors (Lipinski definition) is 7.